The highest BCUT2D eigenvalue weighted by atomic mass is 16.1. The molecular weight excluding hydrogens is 188 g/mol. The van der Waals surface area contributed by atoms with E-state index in [0.29, 0.717) is 17.7 Å². The number of nitrogens with zero attached hydrogens (tertiary/aromatic N) is 1. The van der Waals surface area contributed by atoms with Crippen LogP contribution >= 0.6 is 0 Å². The summed E-state index contributed by atoms with van der Waals surface area (Å²) in [5.74, 6) is 0.925. The van der Waals surface area contributed by atoms with E-state index >= 15 is 0 Å². The van der Waals surface area contributed by atoms with Crippen LogP contribution in [0.15, 0.2) is 0 Å². The molecule has 1 saturated heterocycles. The predicted molar refractivity (Wildman–Crippen MR) is 60.3 cm³/mol. The maximum Gasteiger partial charge on any atom is 0.156 e. The molecule has 1 N–H and O–H groups in total. The van der Waals surface area contributed by atoms with E-state index in [2.05, 4.69) is 5.43 Å². The lowest BCUT2D eigenvalue weighted by Crippen LogP contribution is -2.45. The average Bonchev–Trinajstić information content (AvgIpc) is 2.60. The lowest BCUT2D eigenvalue weighted by molar-refractivity contribution is -0.132. The third-order valence-corrected chi connectivity index (χ3v) is 3.77. The van der Waals surface area contributed by atoms with E-state index in [-0.39, 0.29) is 11.5 Å². The van der Waals surface area contributed by atoms with Crippen LogP contribution in [0.2, 0.25) is 0 Å². The monoisotopic (exact) mass is 210 g/mol. The molecule has 1 aliphatic heterocycles. The second kappa shape index (κ2) is 3.56. The van der Waals surface area contributed by atoms with E-state index in [1.54, 1.807) is 0 Å². The normalized spacial score (nSPS) is 36.9. The summed E-state index contributed by atoms with van der Waals surface area (Å²) in [5.41, 5.74) is 3.21. The van der Waals surface area contributed by atoms with Gasteiger partial charge in [0, 0.05) is 18.5 Å². The molecule has 0 amide bonds. The number of Topliss-reactive ketones (excluding diaryl/α,β-unsaturated/α-hetero) is 1. The molecule has 0 spiro atoms. The zero-order valence-electron chi connectivity index (χ0n) is 10.2. The largest absolute Gasteiger partial charge is 0.297 e. The van der Waals surface area contributed by atoms with Crippen LogP contribution in [-0.4, -0.2) is 29.9 Å². The molecule has 3 unspecified atom stereocenters. The highest BCUT2D eigenvalue weighted by Gasteiger charge is 2.48. The van der Waals surface area contributed by atoms with Crippen molar-refractivity contribution >= 4 is 5.78 Å². The minimum absolute atomic E-state index is 0.0949. The van der Waals surface area contributed by atoms with E-state index in [0.717, 1.165) is 0 Å². The van der Waals surface area contributed by atoms with Crippen LogP contribution in [0.1, 0.15) is 40.0 Å². The fraction of sp³-hybridized carbons (Fsp3) is 0.917. The molecule has 86 valence electrons. The number of nitrogens with one attached hydrogen (secondary N) is 1. The first-order valence-corrected chi connectivity index (χ1v) is 5.94. The Morgan fingerprint density at radius 2 is 2.00 bits per heavy atom. The summed E-state index contributed by atoms with van der Waals surface area (Å²) >= 11 is 0. The summed E-state index contributed by atoms with van der Waals surface area (Å²) < 4.78 is 0. The van der Waals surface area contributed by atoms with Gasteiger partial charge in [-0.2, -0.15) is 0 Å². The predicted octanol–water partition coefficient (Wildman–Crippen LogP) is 1.59. The number of carbonyl (C=O) groups excluding carboxylic acids is 1. The molecule has 2 rings (SSSR count). The Morgan fingerprint density at radius 1 is 1.33 bits per heavy atom. The van der Waals surface area contributed by atoms with Crippen LogP contribution in [0, 0.1) is 11.3 Å². The number of carbonyl (C=O) groups is 1. The molecule has 0 aromatic rings. The quantitative estimate of drug-likeness (QED) is 0.713. The Balaban J connectivity index is 2.17. The minimum atomic E-state index is -0.224. The van der Waals surface area contributed by atoms with Gasteiger partial charge in [-0.1, -0.05) is 27.2 Å². The van der Waals surface area contributed by atoms with Crippen LogP contribution in [0.4, 0.5) is 0 Å². The molecule has 1 heterocycles. The van der Waals surface area contributed by atoms with Gasteiger partial charge in [-0.05, 0) is 18.8 Å². The van der Waals surface area contributed by atoms with Crippen molar-refractivity contribution in [3.05, 3.63) is 0 Å². The standard InChI is InChI=1S/C12H22N2O/c1-12(2,3)11(15)10-8-6-5-7-9(8)13-14(10)4/h8-10,13H,5-7H2,1-4H3. The number of likely N-dealkylation sites (N-methyl/N-ethyl adjacent to an activating group) is 1. The number of ketones is 1. The smallest absolute Gasteiger partial charge is 0.156 e. The van der Waals surface area contributed by atoms with Crippen LogP contribution in [-0.2, 0) is 4.79 Å². The molecule has 1 saturated carbocycles. The van der Waals surface area contributed by atoms with Crippen molar-refractivity contribution in [2.24, 2.45) is 11.3 Å². The summed E-state index contributed by atoms with van der Waals surface area (Å²) in [6.07, 6.45) is 3.70. The van der Waals surface area contributed by atoms with Crippen molar-refractivity contribution in [1.82, 2.24) is 10.4 Å². The number of hydrogen-bond donors (Lipinski definition) is 1. The molecule has 2 fully saturated rings. The first-order valence-electron chi connectivity index (χ1n) is 5.94. The molecule has 3 nitrogen and oxygen atoms in total. The van der Waals surface area contributed by atoms with Crippen LogP contribution < -0.4 is 5.43 Å². The van der Waals surface area contributed by atoms with E-state index in [9.17, 15) is 4.79 Å². The summed E-state index contributed by atoms with van der Waals surface area (Å²) in [4.78, 5) is 12.3. The van der Waals surface area contributed by atoms with Crippen molar-refractivity contribution in [2.75, 3.05) is 7.05 Å². The van der Waals surface area contributed by atoms with E-state index in [4.69, 9.17) is 0 Å². The summed E-state index contributed by atoms with van der Waals surface area (Å²) in [7, 11) is 2.01. The van der Waals surface area contributed by atoms with Crippen molar-refractivity contribution in [3.63, 3.8) is 0 Å². The van der Waals surface area contributed by atoms with Crippen LogP contribution in [0.25, 0.3) is 0 Å². The second-order valence-corrected chi connectivity index (χ2v) is 6.00. The van der Waals surface area contributed by atoms with Gasteiger partial charge in [0.1, 0.15) is 0 Å². The van der Waals surface area contributed by atoms with Gasteiger partial charge in [0.15, 0.2) is 5.78 Å². The first kappa shape index (κ1) is 11.1. The zero-order chi connectivity index (χ0) is 11.2. The van der Waals surface area contributed by atoms with Crippen LogP contribution in [0.3, 0.4) is 0 Å². The molecule has 0 bridgehead atoms. The molecule has 0 aromatic carbocycles. The summed E-state index contributed by atoms with van der Waals surface area (Å²) in [5, 5.41) is 2.04. The summed E-state index contributed by atoms with van der Waals surface area (Å²) in [6.45, 7) is 6.06. The Labute approximate surface area is 92.2 Å². The molecule has 2 aliphatic rings. The molecular formula is C12H22N2O. The molecule has 3 heteroatoms. The second-order valence-electron chi connectivity index (χ2n) is 6.00. The average molecular weight is 210 g/mol. The van der Waals surface area contributed by atoms with Gasteiger partial charge in [0.05, 0.1) is 6.04 Å². The van der Waals surface area contributed by atoms with Crippen molar-refractivity contribution in [2.45, 2.75) is 52.1 Å². The topological polar surface area (TPSA) is 32.3 Å². The number of hydrazine groups is 1. The third kappa shape index (κ3) is 1.83. The van der Waals surface area contributed by atoms with Crippen LogP contribution in [0.5, 0.6) is 0 Å². The third-order valence-electron chi connectivity index (χ3n) is 3.77. The lowest BCUT2D eigenvalue weighted by Gasteiger charge is -2.28. The molecule has 0 radical (unpaired) electrons. The summed E-state index contributed by atoms with van der Waals surface area (Å²) in [6, 6.07) is 0.642. The number of hydrogen-bond acceptors (Lipinski definition) is 3. The molecule has 3 atom stereocenters. The van der Waals surface area contributed by atoms with E-state index < -0.39 is 0 Å². The van der Waals surface area contributed by atoms with Crippen molar-refractivity contribution in [1.29, 1.82) is 0 Å². The van der Waals surface area contributed by atoms with E-state index in [1.807, 2.05) is 32.8 Å². The van der Waals surface area contributed by atoms with Gasteiger partial charge in [-0.25, -0.2) is 5.01 Å². The van der Waals surface area contributed by atoms with Gasteiger partial charge >= 0.3 is 0 Å². The van der Waals surface area contributed by atoms with Gasteiger partial charge < -0.3 is 0 Å². The molecule has 1 aliphatic carbocycles. The number of fused-ring (bicyclic) bond motifs is 1. The minimum Gasteiger partial charge on any atom is -0.297 e. The first-order chi connectivity index (χ1) is 6.91. The highest BCUT2D eigenvalue weighted by molar-refractivity contribution is 5.89. The van der Waals surface area contributed by atoms with Crippen molar-refractivity contribution in [3.8, 4) is 0 Å². The van der Waals surface area contributed by atoms with Gasteiger partial charge in [-0.3, -0.25) is 10.2 Å². The van der Waals surface area contributed by atoms with Crippen molar-refractivity contribution < 1.29 is 4.79 Å². The molecule has 15 heavy (non-hydrogen) atoms. The van der Waals surface area contributed by atoms with Gasteiger partial charge in [-0.15, -0.1) is 0 Å². The Morgan fingerprint density at radius 3 is 2.60 bits per heavy atom. The van der Waals surface area contributed by atoms with Gasteiger partial charge in [0.25, 0.3) is 0 Å². The lowest BCUT2D eigenvalue weighted by atomic mass is 9.81. The maximum absolute atomic E-state index is 12.3. The van der Waals surface area contributed by atoms with E-state index in [1.165, 1.54) is 19.3 Å². The Hall–Kier alpha value is -0.410. The fourth-order valence-corrected chi connectivity index (χ4v) is 2.97. The zero-order valence-corrected chi connectivity index (χ0v) is 10.2. The Bertz CT molecular complexity index is 269. The van der Waals surface area contributed by atoms with Gasteiger partial charge in [0.2, 0.25) is 0 Å². The SMILES string of the molecule is CN1NC2CCCC2C1C(=O)C(C)(C)C. The fourth-order valence-electron chi connectivity index (χ4n) is 2.97. The highest BCUT2D eigenvalue weighted by Crippen LogP contribution is 2.37. The Kier molecular flexibility index (Phi) is 2.63. The number of rotatable bonds is 1. The molecule has 0 aromatic heterocycles. The maximum atomic E-state index is 12.3.